The topological polar surface area (TPSA) is 67.9 Å². The molecule has 2 fully saturated rings. The molecule has 0 unspecified atom stereocenters. The van der Waals surface area contributed by atoms with E-state index in [0.717, 1.165) is 29.7 Å². The normalized spacial score (nSPS) is 22.1. The largest absolute Gasteiger partial charge is 0.381 e. The van der Waals surface area contributed by atoms with Crippen LogP contribution in [0, 0.1) is 11.3 Å². The molecule has 1 aliphatic carbocycles. The molecule has 26 heavy (non-hydrogen) atoms. The van der Waals surface area contributed by atoms with E-state index in [0.29, 0.717) is 21.4 Å². The summed E-state index contributed by atoms with van der Waals surface area (Å²) in [7, 11) is 0. The molecule has 1 aliphatic heterocycles. The van der Waals surface area contributed by atoms with Crippen LogP contribution in [-0.4, -0.2) is 28.0 Å². The Kier molecular flexibility index (Phi) is 4.97. The van der Waals surface area contributed by atoms with Gasteiger partial charge in [-0.25, -0.2) is 15.0 Å². The number of rotatable bonds is 3. The molecule has 2 aromatic heterocycles. The second kappa shape index (κ2) is 7.24. The first-order chi connectivity index (χ1) is 12.6. The van der Waals surface area contributed by atoms with Crippen molar-refractivity contribution in [1.29, 1.82) is 0 Å². The number of aromatic nitrogens is 3. The Morgan fingerprint density at radius 2 is 2.08 bits per heavy atom. The van der Waals surface area contributed by atoms with Gasteiger partial charge < -0.3 is 10.6 Å². The molecule has 1 atom stereocenters. The summed E-state index contributed by atoms with van der Waals surface area (Å²) in [6.45, 7) is 4.51. The van der Waals surface area contributed by atoms with Gasteiger partial charge in [0.2, 0.25) is 0 Å². The molecule has 7 heteroatoms. The van der Waals surface area contributed by atoms with Gasteiger partial charge in [0.25, 0.3) is 0 Å². The Balaban J connectivity index is 1.46. The predicted molar refractivity (Wildman–Crippen MR) is 107 cm³/mol. The minimum atomic E-state index is 0.446. The van der Waals surface area contributed by atoms with Gasteiger partial charge in [0, 0.05) is 19.3 Å². The van der Waals surface area contributed by atoms with Crippen molar-refractivity contribution >= 4 is 35.0 Å². The molecule has 2 aliphatic rings. The van der Waals surface area contributed by atoms with Crippen molar-refractivity contribution in [3.8, 4) is 0 Å². The lowest BCUT2D eigenvalue weighted by Crippen LogP contribution is -2.41. The molecule has 2 N–H and O–H groups in total. The summed E-state index contributed by atoms with van der Waals surface area (Å²) in [5.74, 6) is 2.18. The SMILES string of the molecule is C[C@@H]1CCCC12CCN(c1cnc(Sc3cccnc3Cl)c(N)n1)CC2. The molecule has 3 heterocycles. The smallest absolute Gasteiger partial charge is 0.158 e. The number of pyridine rings is 1. The highest BCUT2D eigenvalue weighted by Gasteiger charge is 2.42. The van der Waals surface area contributed by atoms with Gasteiger partial charge in [0.1, 0.15) is 16.0 Å². The summed E-state index contributed by atoms with van der Waals surface area (Å²) in [5, 5.41) is 1.12. The highest BCUT2D eigenvalue weighted by atomic mass is 35.5. The molecular weight excluding hydrogens is 366 g/mol. The van der Waals surface area contributed by atoms with E-state index < -0.39 is 0 Å². The summed E-state index contributed by atoms with van der Waals surface area (Å²) in [5.41, 5.74) is 6.74. The van der Waals surface area contributed by atoms with E-state index in [2.05, 4.69) is 26.8 Å². The minimum absolute atomic E-state index is 0.446. The van der Waals surface area contributed by atoms with E-state index >= 15 is 0 Å². The first-order valence-corrected chi connectivity index (χ1v) is 10.4. The molecule has 5 nitrogen and oxygen atoms in total. The maximum atomic E-state index is 6.18. The van der Waals surface area contributed by atoms with Crippen LogP contribution in [-0.2, 0) is 0 Å². The maximum absolute atomic E-state index is 6.18. The molecule has 1 saturated heterocycles. The zero-order valence-electron chi connectivity index (χ0n) is 15.0. The second-order valence-corrected chi connectivity index (χ2v) is 8.84. The zero-order valence-corrected chi connectivity index (χ0v) is 16.6. The van der Waals surface area contributed by atoms with Crippen molar-refractivity contribution in [2.75, 3.05) is 23.7 Å². The Hall–Kier alpha value is -1.53. The van der Waals surface area contributed by atoms with Gasteiger partial charge in [-0.3, -0.25) is 0 Å². The van der Waals surface area contributed by atoms with E-state index in [1.165, 1.54) is 43.9 Å². The van der Waals surface area contributed by atoms with Crippen LogP contribution in [0.5, 0.6) is 0 Å². The Morgan fingerprint density at radius 3 is 2.73 bits per heavy atom. The zero-order chi connectivity index (χ0) is 18.1. The molecular formula is C19H24ClN5S. The van der Waals surface area contributed by atoms with Crippen molar-refractivity contribution in [2.45, 2.75) is 48.9 Å². The molecule has 1 saturated carbocycles. The van der Waals surface area contributed by atoms with Crippen molar-refractivity contribution in [3.63, 3.8) is 0 Å². The van der Waals surface area contributed by atoms with Gasteiger partial charge in [0.05, 0.1) is 11.1 Å². The average Bonchev–Trinajstić information content (AvgIpc) is 2.99. The molecule has 2 aromatic rings. The van der Waals surface area contributed by atoms with Crippen molar-refractivity contribution in [1.82, 2.24) is 15.0 Å². The van der Waals surface area contributed by atoms with Gasteiger partial charge in [0.15, 0.2) is 5.82 Å². The van der Waals surface area contributed by atoms with Crippen LogP contribution in [0.1, 0.15) is 39.0 Å². The highest BCUT2D eigenvalue weighted by molar-refractivity contribution is 7.99. The number of hydrogen-bond acceptors (Lipinski definition) is 6. The molecule has 0 bridgehead atoms. The van der Waals surface area contributed by atoms with E-state index in [1.54, 1.807) is 6.20 Å². The third kappa shape index (κ3) is 3.37. The maximum Gasteiger partial charge on any atom is 0.158 e. The second-order valence-electron chi connectivity index (χ2n) is 7.46. The van der Waals surface area contributed by atoms with E-state index in [-0.39, 0.29) is 0 Å². The molecule has 0 amide bonds. The molecule has 0 radical (unpaired) electrons. The third-order valence-corrected chi connectivity index (χ3v) is 7.59. The van der Waals surface area contributed by atoms with E-state index in [1.807, 2.05) is 18.3 Å². The number of nitrogens with zero attached hydrogens (tertiary/aromatic N) is 4. The Labute approximate surface area is 163 Å². The molecule has 1 spiro atoms. The highest BCUT2D eigenvalue weighted by Crippen LogP contribution is 2.50. The van der Waals surface area contributed by atoms with Crippen LogP contribution in [0.4, 0.5) is 11.6 Å². The summed E-state index contributed by atoms with van der Waals surface area (Å²) >= 11 is 7.52. The number of anilines is 2. The lowest BCUT2D eigenvalue weighted by Gasteiger charge is -2.42. The van der Waals surface area contributed by atoms with Crippen LogP contribution in [0.2, 0.25) is 5.15 Å². The summed E-state index contributed by atoms with van der Waals surface area (Å²) < 4.78 is 0. The number of hydrogen-bond donors (Lipinski definition) is 1. The van der Waals surface area contributed by atoms with E-state index in [4.69, 9.17) is 17.3 Å². The van der Waals surface area contributed by atoms with Crippen LogP contribution in [0.25, 0.3) is 0 Å². The average molecular weight is 390 g/mol. The van der Waals surface area contributed by atoms with Crippen molar-refractivity contribution < 1.29 is 0 Å². The summed E-state index contributed by atoms with van der Waals surface area (Å²) in [6.07, 6.45) is 10.1. The number of nitrogen functional groups attached to an aromatic ring is 1. The van der Waals surface area contributed by atoms with Gasteiger partial charge in [-0.2, -0.15) is 0 Å². The molecule has 4 rings (SSSR count). The van der Waals surface area contributed by atoms with Gasteiger partial charge in [-0.05, 0) is 42.7 Å². The quantitative estimate of drug-likeness (QED) is 0.769. The van der Waals surface area contributed by atoms with Crippen LogP contribution in [0.3, 0.4) is 0 Å². The van der Waals surface area contributed by atoms with Gasteiger partial charge >= 0.3 is 0 Å². The van der Waals surface area contributed by atoms with E-state index in [9.17, 15) is 0 Å². The van der Waals surface area contributed by atoms with Crippen molar-refractivity contribution in [3.05, 3.63) is 29.7 Å². The third-order valence-electron chi connectivity index (χ3n) is 6.12. The standard InChI is InChI=1S/C19H24ClN5S/c1-13-4-2-6-19(13)7-10-25(11-8-19)15-12-23-18(17(21)24-15)26-14-5-3-9-22-16(14)20/h3,5,9,12-13H,2,4,6-8,10-11H2,1H3,(H2,21,24)/t13-/m1/s1. The minimum Gasteiger partial charge on any atom is -0.381 e. The Bertz CT molecular complexity index is 791. The molecule has 138 valence electrons. The summed E-state index contributed by atoms with van der Waals surface area (Å²) in [4.78, 5) is 16.4. The van der Waals surface area contributed by atoms with Gasteiger partial charge in [-0.15, -0.1) is 0 Å². The number of piperidine rings is 1. The first-order valence-electron chi connectivity index (χ1n) is 9.23. The monoisotopic (exact) mass is 389 g/mol. The van der Waals surface area contributed by atoms with Crippen LogP contribution < -0.4 is 10.6 Å². The fourth-order valence-electron chi connectivity index (χ4n) is 4.40. The first kappa shape index (κ1) is 17.9. The number of nitrogens with two attached hydrogens (primary N) is 1. The van der Waals surface area contributed by atoms with Crippen LogP contribution >= 0.6 is 23.4 Å². The number of halogens is 1. The van der Waals surface area contributed by atoms with Crippen LogP contribution in [0.15, 0.2) is 34.4 Å². The predicted octanol–water partition coefficient (Wildman–Crippen LogP) is 4.67. The lowest BCUT2D eigenvalue weighted by atomic mass is 9.71. The van der Waals surface area contributed by atoms with Gasteiger partial charge in [-0.1, -0.05) is 43.1 Å². The fourth-order valence-corrected chi connectivity index (χ4v) is 5.38. The Morgan fingerprint density at radius 1 is 1.27 bits per heavy atom. The summed E-state index contributed by atoms with van der Waals surface area (Å²) in [6, 6.07) is 3.75. The van der Waals surface area contributed by atoms with Crippen molar-refractivity contribution in [2.24, 2.45) is 11.3 Å². The lowest BCUT2D eigenvalue weighted by molar-refractivity contribution is 0.161. The molecule has 0 aromatic carbocycles. The fraction of sp³-hybridized carbons (Fsp3) is 0.526.